The van der Waals surface area contributed by atoms with Crippen molar-refractivity contribution in [2.75, 3.05) is 39.3 Å². The van der Waals surface area contributed by atoms with Crippen molar-refractivity contribution in [3.8, 4) is 5.75 Å². The summed E-state index contributed by atoms with van der Waals surface area (Å²) in [6.45, 7) is 16.0. The molecule has 1 saturated heterocycles. The van der Waals surface area contributed by atoms with Gasteiger partial charge >= 0.3 is 0 Å². The van der Waals surface area contributed by atoms with Crippen LogP contribution in [0.4, 0.5) is 0 Å². The molecular weight excluding hydrogens is 479 g/mol. The van der Waals surface area contributed by atoms with Crippen molar-refractivity contribution in [1.29, 1.82) is 0 Å². The topological polar surface area (TPSA) is 58.1 Å². The van der Waals surface area contributed by atoms with Gasteiger partial charge in [0.2, 0.25) is 0 Å². The van der Waals surface area contributed by atoms with Gasteiger partial charge in [-0.1, -0.05) is 30.9 Å². The lowest BCUT2D eigenvalue weighted by atomic mass is 10.2. The third-order valence-corrected chi connectivity index (χ3v) is 4.52. The minimum atomic E-state index is 0. The quantitative estimate of drug-likeness (QED) is 0.164. The molecule has 0 radical (unpaired) electrons. The minimum absolute atomic E-state index is 0. The lowest BCUT2D eigenvalue weighted by Gasteiger charge is -2.35. The minimum Gasteiger partial charge on any atom is -0.489 e. The summed E-state index contributed by atoms with van der Waals surface area (Å²) in [5.41, 5.74) is 1.07. The smallest absolute Gasteiger partial charge is 0.191 e. The highest BCUT2D eigenvalue weighted by molar-refractivity contribution is 14.0. The fourth-order valence-electron chi connectivity index (χ4n) is 3.41. The maximum atomic E-state index is 5.80. The van der Waals surface area contributed by atoms with Gasteiger partial charge in [0.25, 0.3) is 0 Å². The van der Waals surface area contributed by atoms with E-state index in [4.69, 9.17) is 14.5 Å². The number of rotatable bonds is 10. The first-order chi connectivity index (χ1) is 13.6. The number of nitrogens with zero attached hydrogens (tertiary/aromatic N) is 2. The monoisotopic (exact) mass is 516 g/mol. The van der Waals surface area contributed by atoms with E-state index in [0.717, 1.165) is 56.4 Å². The van der Waals surface area contributed by atoms with Crippen molar-refractivity contribution in [1.82, 2.24) is 15.5 Å². The lowest BCUT2D eigenvalue weighted by Crippen LogP contribution is -2.46. The number of benzene rings is 1. The number of para-hydroxylation sites is 1. The van der Waals surface area contributed by atoms with Crippen molar-refractivity contribution in [2.45, 2.75) is 45.9 Å². The second-order valence-corrected chi connectivity index (χ2v) is 7.20. The van der Waals surface area contributed by atoms with E-state index in [1.807, 2.05) is 24.3 Å². The van der Waals surface area contributed by atoms with Gasteiger partial charge in [0.1, 0.15) is 12.4 Å². The normalized spacial score (nSPS) is 19.9. The zero-order valence-electron chi connectivity index (χ0n) is 18.0. The van der Waals surface area contributed by atoms with Crippen LogP contribution >= 0.6 is 24.0 Å². The van der Waals surface area contributed by atoms with E-state index in [1.165, 1.54) is 0 Å². The van der Waals surface area contributed by atoms with Crippen LogP contribution in [0, 0.1) is 0 Å². The summed E-state index contributed by atoms with van der Waals surface area (Å²) in [4.78, 5) is 7.20. The molecule has 0 aliphatic carbocycles. The predicted molar refractivity (Wildman–Crippen MR) is 131 cm³/mol. The molecule has 6 nitrogen and oxygen atoms in total. The van der Waals surface area contributed by atoms with E-state index in [0.29, 0.717) is 25.4 Å². The molecule has 2 rings (SSSR count). The van der Waals surface area contributed by atoms with Gasteiger partial charge in [-0.05, 0) is 33.3 Å². The van der Waals surface area contributed by atoms with E-state index in [1.54, 1.807) is 6.08 Å². The number of nitrogens with one attached hydrogen (secondary N) is 2. The summed E-state index contributed by atoms with van der Waals surface area (Å²) in [5, 5.41) is 6.76. The molecule has 1 fully saturated rings. The van der Waals surface area contributed by atoms with Crippen LogP contribution in [0.25, 0.3) is 0 Å². The van der Waals surface area contributed by atoms with Crippen LogP contribution in [0.3, 0.4) is 0 Å². The van der Waals surface area contributed by atoms with Crippen molar-refractivity contribution >= 4 is 29.9 Å². The number of hydrogen-bond donors (Lipinski definition) is 2. The van der Waals surface area contributed by atoms with E-state index in [-0.39, 0.29) is 24.0 Å². The number of ether oxygens (including phenoxy) is 2. The largest absolute Gasteiger partial charge is 0.489 e. The van der Waals surface area contributed by atoms with Crippen molar-refractivity contribution in [3.05, 3.63) is 42.5 Å². The Balaban J connectivity index is 0.00000420. The summed E-state index contributed by atoms with van der Waals surface area (Å²) >= 11 is 0. The Morgan fingerprint density at radius 2 is 2.00 bits per heavy atom. The molecule has 29 heavy (non-hydrogen) atoms. The second kappa shape index (κ2) is 14.6. The van der Waals surface area contributed by atoms with Gasteiger partial charge in [-0.3, -0.25) is 4.90 Å². The summed E-state index contributed by atoms with van der Waals surface area (Å²) < 4.78 is 11.5. The Kier molecular flexibility index (Phi) is 13.0. The third-order valence-electron chi connectivity index (χ3n) is 4.52. The van der Waals surface area contributed by atoms with Crippen molar-refractivity contribution in [3.63, 3.8) is 0 Å². The molecule has 2 atom stereocenters. The van der Waals surface area contributed by atoms with Gasteiger partial charge in [-0.25, -0.2) is 4.99 Å². The summed E-state index contributed by atoms with van der Waals surface area (Å²) in [6, 6.07) is 8.00. The maximum Gasteiger partial charge on any atom is 0.191 e. The highest BCUT2D eigenvalue weighted by atomic mass is 127. The molecule has 0 spiro atoms. The molecule has 1 aliphatic rings. The van der Waals surface area contributed by atoms with Crippen LogP contribution in [0.5, 0.6) is 5.75 Å². The van der Waals surface area contributed by atoms with Gasteiger partial charge in [0, 0.05) is 38.3 Å². The van der Waals surface area contributed by atoms with E-state index in [9.17, 15) is 0 Å². The molecule has 0 amide bonds. The van der Waals surface area contributed by atoms with Gasteiger partial charge in [0.15, 0.2) is 5.96 Å². The Morgan fingerprint density at radius 1 is 1.28 bits per heavy atom. The molecule has 0 aromatic heterocycles. The highest BCUT2D eigenvalue weighted by Gasteiger charge is 2.21. The zero-order chi connectivity index (χ0) is 20.2. The predicted octanol–water partition coefficient (Wildman–Crippen LogP) is 3.42. The first-order valence-electron chi connectivity index (χ1n) is 10.3. The van der Waals surface area contributed by atoms with Crippen LogP contribution in [-0.2, 0) is 11.3 Å². The fourth-order valence-corrected chi connectivity index (χ4v) is 3.41. The van der Waals surface area contributed by atoms with Crippen LogP contribution in [0.1, 0.15) is 32.8 Å². The molecule has 1 aliphatic heterocycles. The molecule has 7 heteroatoms. The molecule has 164 valence electrons. The molecule has 1 aromatic rings. The fraction of sp³-hybridized carbons (Fsp3) is 0.591. The van der Waals surface area contributed by atoms with Gasteiger partial charge < -0.3 is 20.1 Å². The van der Waals surface area contributed by atoms with E-state index in [2.05, 4.69) is 42.9 Å². The van der Waals surface area contributed by atoms with Crippen molar-refractivity contribution in [2.24, 2.45) is 4.99 Å². The zero-order valence-corrected chi connectivity index (χ0v) is 20.4. The third kappa shape index (κ3) is 9.82. The standard InChI is InChI=1S/C22H36N4O2.HI/c1-5-14-27-21-11-8-7-10-20(21)15-25-22(23-6-2)24-12-9-13-26-16-18(3)28-19(4)17-26;/h5,7-8,10-11,18-19H,1,6,9,12-17H2,2-4H3,(H2,23,24,25);1H. The molecule has 0 saturated carbocycles. The molecule has 2 unspecified atom stereocenters. The number of aliphatic imine (C=N–C) groups is 1. The van der Waals surface area contributed by atoms with Gasteiger partial charge in [-0.2, -0.15) is 0 Å². The van der Waals surface area contributed by atoms with Gasteiger partial charge in [-0.15, -0.1) is 24.0 Å². The summed E-state index contributed by atoms with van der Waals surface area (Å²) in [6.07, 6.45) is 3.46. The molecule has 1 aromatic carbocycles. The van der Waals surface area contributed by atoms with Crippen LogP contribution in [-0.4, -0.2) is 62.4 Å². The highest BCUT2D eigenvalue weighted by Crippen LogP contribution is 2.18. The summed E-state index contributed by atoms with van der Waals surface area (Å²) in [7, 11) is 0. The number of morpholine rings is 1. The van der Waals surface area contributed by atoms with Crippen LogP contribution < -0.4 is 15.4 Å². The Morgan fingerprint density at radius 3 is 2.69 bits per heavy atom. The maximum absolute atomic E-state index is 5.80. The van der Waals surface area contributed by atoms with Crippen LogP contribution in [0.15, 0.2) is 41.9 Å². The second-order valence-electron chi connectivity index (χ2n) is 7.20. The Labute approximate surface area is 193 Å². The number of halogens is 1. The molecular formula is C22H37IN4O2. The molecule has 0 bridgehead atoms. The number of hydrogen-bond acceptors (Lipinski definition) is 4. The first kappa shape index (κ1) is 25.7. The lowest BCUT2D eigenvalue weighted by molar-refractivity contribution is -0.0679. The van der Waals surface area contributed by atoms with Crippen molar-refractivity contribution < 1.29 is 9.47 Å². The summed E-state index contributed by atoms with van der Waals surface area (Å²) in [5.74, 6) is 1.70. The molecule has 2 N–H and O–H groups in total. The molecule has 1 heterocycles. The average Bonchev–Trinajstić information content (AvgIpc) is 2.67. The SMILES string of the molecule is C=CCOc1ccccc1CN=C(NCC)NCCCN1CC(C)OC(C)C1.I. The van der Waals surface area contributed by atoms with E-state index >= 15 is 0 Å². The van der Waals surface area contributed by atoms with Crippen LogP contribution in [0.2, 0.25) is 0 Å². The number of guanidine groups is 1. The average molecular weight is 516 g/mol. The Hall–Kier alpha value is -1.32. The van der Waals surface area contributed by atoms with Gasteiger partial charge in [0.05, 0.1) is 18.8 Å². The van der Waals surface area contributed by atoms with E-state index < -0.39 is 0 Å². The Bertz CT molecular complexity index is 617. The first-order valence-corrected chi connectivity index (χ1v) is 10.3.